The van der Waals surface area contributed by atoms with Crippen molar-refractivity contribution in [2.45, 2.75) is 33.2 Å². The highest BCUT2D eigenvalue weighted by Gasteiger charge is 2.20. The molecule has 1 atom stereocenters. The third-order valence-corrected chi connectivity index (χ3v) is 1.05. The Labute approximate surface area is 65.4 Å². The van der Waals surface area contributed by atoms with Crippen molar-refractivity contribution < 1.29 is 14.0 Å². The predicted molar refractivity (Wildman–Crippen MR) is 39.7 cm³/mol. The van der Waals surface area contributed by atoms with Gasteiger partial charge in [-0.05, 0) is 11.8 Å². The van der Waals surface area contributed by atoms with Crippen molar-refractivity contribution in [2.75, 3.05) is 0 Å². The van der Waals surface area contributed by atoms with Crippen molar-refractivity contribution in [3.8, 4) is 0 Å². The third-order valence-electron chi connectivity index (χ3n) is 1.05. The quantitative estimate of drug-likeness (QED) is 0.609. The Bertz CT molecular complexity index is 200. The number of rotatable bonds is 2. The van der Waals surface area contributed by atoms with Gasteiger partial charge in [-0.1, -0.05) is 20.7 Å². The van der Waals surface area contributed by atoms with Crippen LogP contribution in [-0.4, -0.2) is 17.1 Å². The lowest BCUT2D eigenvalue weighted by Gasteiger charge is -2.20. The van der Waals surface area contributed by atoms with Gasteiger partial charge in [0.1, 0.15) is 6.04 Å². The molecule has 0 radical (unpaired) electrons. The van der Waals surface area contributed by atoms with E-state index in [0.717, 1.165) is 0 Å². The van der Waals surface area contributed by atoms with E-state index in [9.17, 15) is 4.79 Å². The van der Waals surface area contributed by atoms with Gasteiger partial charge in [0, 0.05) is 4.11 Å². The van der Waals surface area contributed by atoms with Crippen LogP contribution < -0.4 is 5.73 Å². The molecule has 3 N–H and O–H groups in total. The lowest BCUT2D eigenvalue weighted by Crippen LogP contribution is -2.34. The zero-order valence-electron chi connectivity index (χ0n) is 9.22. The first-order chi connectivity index (χ1) is 5.58. The van der Waals surface area contributed by atoms with Crippen LogP contribution in [0.3, 0.4) is 0 Å². The maximum absolute atomic E-state index is 10.4. The first-order valence-corrected chi connectivity index (χ1v) is 3.06. The lowest BCUT2D eigenvalue weighted by molar-refractivity contribution is -0.139. The smallest absolute Gasteiger partial charge is 0.320 e. The summed E-state index contributed by atoms with van der Waals surface area (Å²) in [5, 5.41) is 8.50. The number of aliphatic carboxylic acids is 1. The van der Waals surface area contributed by atoms with Crippen molar-refractivity contribution in [3.63, 3.8) is 0 Å². The van der Waals surface area contributed by atoms with Gasteiger partial charge in [0.05, 0.1) is 0 Å². The highest BCUT2D eigenvalue weighted by Crippen LogP contribution is 2.19. The average molecular weight is 148 g/mol. The molecule has 0 saturated heterocycles. The molecule has 10 heavy (non-hydrogen) atoms. The van der Waals surface area contributed by atoms with Crippen LogP contribution in [0.25, 0.3) is 0 Å². The van der Waals surface area contributed by atoms with Crippen molar-refractivity contribution >= 4 is 5.97 Å². The zero-order valence-corrected chi connectivity index (χ0v) is 6.22. The van der Waals surface area contributed by atoms with Crippen LogP contribution >= 0.6 is 0 Å². The van der Waals surface area contributed by atoms with Crippen molar-refractivity contribution in [2.24, 2.45) is 11.1 Å². The molecule has 0 aliphatic rings. The minimum Gasteiger partial charge on any atom is -0.480 e. The monoisotopic (exact) mass is 148 g/mol. The summed E-state index contributed by atoms with van der Waals surface area (Å²) in [5.74, 6) is -1.17. The maximum Gasteiger partial charge on any atom is 0.320 e. The summed E-state index contributed by atoms with van der Waals surface area (Å²) < 4.78 is 21.5. The van der Waals surface area contributed by atoms with Crippen LogP contribution in [0.4, 0.5) is 0 Å². The number of hydrogen-bond acceptors (Lipinski definition) is 2. The minimum atomic E-state index is -2.18. The van der Waals surface area contributed by atoms with E-state index in [0.29, 0.717) is 0 Å². The molecule has 0 aromatic heterocycles. The highest BCUT2D eigenvalue weighted by atomic mass is 16.4. The Morgan fingerprint density at radius 3 is 2.70 bits per heavy atom. The lowest BCUT2D eigenvalue weighted by atomic mass is 9.88. The Morgan fingerprint density at radius 1 is 1.90 bits per heavy atom. The fourth-order valence-electron chi connectivity index (χ4n) is 0.637. The topological polar surface area (TPSA) is 63.3 Å². The van der Waals surface area contributed by atoms with Crippen LogP contribution in [0.2, 0.25) is 0 Å². The van der Waals surface area contributed by atoms with Crippen LogP contribution in [-0.2, 0) is 4.79 Å². The molecule has 0 aliphatic heterocycles. The molecule has 0 unspecified atom stereocenters. The fraction of sp³-hybridized carbons (Fsp3) is 0.857. The van der Waals surface area contributed by atoms with Crippen molar-refractivity contribution in [1.29, 1.82) is 0 Å². The third kappa shape index (κ3) is 4.32. The van der Waals surface area contributed by atoms with E-state index in [1.165, 1.54) is 13.8 Å². The second-order valence-corrected chi connectivity index (χ2v) is 3.03. The van der Waals surface area contributed by atoms with E-state index in [2.05, 4.69) is 0 Å². The highest BCUT2D eigenvalue weighted by molar-refractivity contribution is 5.73. The van der Waals surface area contributed by atoms with Gasteiger partial charge >= 0.3 is 5.97 Å². The number of hydrogen-bond donors (Lipinski definition) is 2. The molecule has 0 saturated carbocycles. The van der Waals surface area contributed by atoms with E-state index in [1.807, 2.05) is 0 Å². The van der Waals surface area contributed by atoms with Gasteiger partial charge in [0.2, 0.25) is 0 Å². The average Bonchev–Trinajstić information content (AvgIpc) is 1.83. The van der Waals surface area contributed by atoms with E-state index in [-0.39, 0.29) is 6.42 Å². The van der Waals surface area contributed by atoms with Gasteiger partial charge < -0.3 is 10.8 Å². The molecule has 0 aliphatic carbocycles. The Balaban J connectivity index is 4.43. The standard InChI is InChI=1S/C7H15NO2/c1-7(2,3)4-5(8)6(9)10/h5H,4,8H2,1-3H3,(H,9,10)/t5-/m0/s1/i1D3. The van der Waals surface area contributed by atoms with E-state index in [1.54, 1.807) is 0 Å². The Kier molecular flexibility index (Phi) is 1.55. The molecule has 0 fully saturated rings. The van der Waals surface area contributed by atoms with Crippen molar-refractivity contribution in [3.05, 3.63) is 0 Å². The summed E-state index contributed by atoms with van der Waals surface area (Å²) in [6, 6.07) is -1.12. The molecule has 0 amide bonds. The summed E-state index contributed by atoms with van der Waals surface area (Å²) >= 11 is 0. The minimum absolute atomic E-state index is 0.0567. The summed E-state index contributed by atoms with van der Waals surface area (Å²) in [7, 11) is 0. The second kappa shape index (κ2) is 3.01. The summed E-state index contributed by atoms with van der Waals surface area (Å²) in [6.07, 6.45) is -0.0567. The maximum atomic E-state index is 10.4. The van der Waals surface area contributed by atoms with Gasteiger partial charge in [-0.25, -0.2) is 0 Å². The van der Waals surface area contributed by atoms with E-state index < -0.39 is 24.3 Å². The van der Waals surface area contributed by atoms with E-state index in [4.69, 9.17) is 15.0 Å². The van der Waals surface area contributed by atoms with Crippen LogP contribution in [0, 0.1) is 5.41 Å². The first-order valence-electron chi connectivity index (χ1n) is 4.56. The molecule has 0 spiro atoms. The molecule has 0 aromatic rings. The molecule has 3 nitrogen and oxygen atoms in total. The van der Waals surface area contributed by atoms with E-state index >= 15 is 0 Å². The van der Waals surface area contributed by atoms with Crippen molar-refractivity contribution in [1.82, 2.24) is 0 Å². The van der Waals surface area contributed by atoms with Crippen LogP contribution in [0.5, 0.6) is 0 Å². The number of nitrogens with two attached hydrogens (primary N) is 1. The second-order valence-electron chi connectivity index (χ2n) is 3.03. The molecule has 0 aromatic carbocycles. The molecule has 0 bridgehead atoms. The molecule has 0 heterocycles. The largest absolute Gasteiger partial charge is 0.480 e. The van der Waals surface area contributed by atoms with Crippen LogP contribution in [0.15, 0.2) is 0 Å². The first kappa shape index (κ1) is 5.13. The Hall–Kier alpha value is -0.570. The normalized spacial score (nSPS) is 20.5. The SMILES string of the molecule is [2H]C([2H])([2H])C(C)(C)C[C@H](N)C(=O)O. The summed E-state index contributed by atoms with van der Waals surface area (Å²) in [5.41, 5.74) is 4.19. The van der Waals surface area contributed by atoms with Gasteiger partial charge in [-0.2, -0.15) is 0 Å². The van der Waals surface area contributed by atoms with Gasteiger partial charge in [-0.3, -0.25) is 4.79 Å². The molecule has 0 rings (SSSR count). The van der Waals surface area contributed by atoms with Gasteiger partial charge in [-0.15, -0.1) is 0 Å². The summed E-state index contributed by atoms with van der Waals surface area (Å²) in [4.78, 5) is 10.4. The molecular formula is C7H15NO2. The number of carboxylic acid groups (broad SMARTS) is 1. The van der Waals surface area contributed by atoms with Gasteiger partial charge in [0.25, 0.3) is 0 Å². The number of carbonyl (C=O) groups is 1. The summed E-state index contributed by atoms with van der Waals surface area (Å²) in [6.45, 7) is 0.797. The zero-order chi connectivity index (χ0) is 10.9. The van der Waals surface area contributed by atoms with Gasteiger partial charge in [0.15, 0.2) is 0 Å². The number of carboxylic acids is 1. The van der Waals surface area contributed by atoms with Crippen LogP contribution in [0.1, 0.15) is 31.2 Å². The molecular weight excluding hydrogens is 130 g/mol. The molecule has 3 heteroatoms. The Morgan fingerprint density at radius 2 is 2.40 bits per heavy atom. The fourth-order valence-corrected chi connectivity index (χ4v) is 0.637. The predicted octanol–water partition coefficient (Wildman–Crippen LogP) is 0.835. The molecule has 60 valence electrons.